The molecule has 0 bridgehead atoms. The SMILES string of the molecule is CC(=O)OCCC(=O)C(C)O. The number of Topliss-reactive ketones (excluding diaryl/α,β-unsaturated/α-hetero) is 1. The first kappa shape index (κ1) is 10.1. The van der Waals surface area contributed by atoms with Crippen LogP contribution in [0.2, 0.25) is 0 Å². The van der Waals surface area contributed by atoms with E-state index in [1.165, 1.54) is 13.8 Å². The van der Waals surface area contributed by atoms with Crippen LogP contribution in [-0.4, -0.2) is 29.6 Å². The van der Waals surface area contributed by atoms with Crippen LogP contribution in [0.5, 0.6) is 0 Å². The van der Waals surface area contributed by atoms with Crippen LogP contribution in [0.4, 0.5) is 0 Å². The Morgan fingerprint density at radius 1 is 1.55 bits per heavy atom. The second-order valence-corrected chi connectivity index (χ2v) is 2.23. The van der Waals surface area contributed by atoms with Gasteiger partial charge in [0.2, 0.25) is 0 Å². The molecule has 0 aromatic heterocycles. The van der Waals surface area contributed by atoms with Crippen molar-refractivity contribution in [2.75, 3.05) is 6.61 Å². The number of esters is 1. The van der Waals surface area contributed by atoms with Crippen molar-refractivity contribution >= 4 is 11.8 Å². The highest BCUT2D eigenvalue weighted by Crippen LogP contribution is 1.91. The van der Waals surface area contributed by atoms with Crippen molar-refractivity contribution in [3.63, 3.8) is 0 Å². The van der Waals surface area contributed by atoms with Gasteiger partial charge in [-0.2, -0.15) is 0 Å². The van der Waals surface area contributed by atoms with Crippen molar-refractivity contribution in [2.45, 2.75) is 26.4 Å². The number of hydrogen-bond donors (Lipinski definition) is 1. The van der Waals surface area contributed by atoms with Crippen molar-refractivity contribution in [3.8, 4) is 0 Å². The second-order valence-electron chi connectivity index (χ2n) is 2.23. The predicted molar refractivity (Wildman–Crippen MR) is 37.9 cm³/mol. The lowest BCUT2D eigenvalue weighted by atomic mass is 10.2. The van der Waals surface area contributed by atoms with Gasteiger partial charge in [-0.05, 0) is 6.92 Å². The van der Waals surface area contributed by atoms with E-state index in [0.29, 0.717) is 0 Å². The molecule has 1 N–H and O–H groups in total. The minimum Gasteiger partial charge on any atom is -0.465 e. The maximum Gasteiger partial charge on any atom is 0.302 e. The summed E-state index contributed by atoms with van der Waals surface area (Å²) in [7, 11) is 0. The van der Waals surface area contributed by atoms with Crippen LogP contribution < -0.4 is 0 Å². The molecule has 0 heterocycles. The molecule has 4 heteroatoms. The van der Waals surface area contributed by atoms with Crippen LogP contribution in [0.3, 0.4) is 0 Å². The number of rotatable bonds is 4. The molecular weight excluding hydrogens is 148 g/mol. The number of carbonyl (C=O) groups is 2. The topological polar surface area (TPSA) is 63.6 Å². The molecule has 0 aliphatic rings. The van der Waals surface area contributed by atoms with Crippen LogP contribution in [-0.2, 0) is 14.3 Å². The summed E-state index contributed by atoms with van der Waals surface area (Å²) in [5, 5.41) is 8.70. The molecule has 0 saturated heterocycles. The molecule has 0 aliphatic carbocycles. The summed E-state index contributed by atoms with van der Waals surface area (Å²) in [4.78, 5) is 20.9. The smallest absolute Gasteiger partial charge is 0.302 e. The Hall–Kier alpha value is -0.900. The zero-order valence-corrected chi connectivity index (χ0v) is 6.66. The molecule has 64 valence electrons. The number of carbonyl (C=O) groups excluding carboxylic acids is 2. The molecule has 0 rings (SSSR count). The maximum atomic E-state index is 10.7. The van der Waals surface area contributed by atoms with Crippen LogP contribution in [0, 0.1) is 0 Å². The Morgan fingerprint density at radius 2 is 2.09 bits per heavy atom. The lowest BCUT2D eigenvalue weighted by Gasteiger charge is -2.02. The van der Waals surface area contributed by atoms with E-state index < -0.39 is 12.1 Å². The van der Waals surface area contributed by atoms with Gasteiger partial charge in [0, 0.05) is 13.3 Å². The highest BCUT2D eigenvalue weighted by molar-refractivity contribution is 5.82. The molecule has 0 aromatic carbocycles. The molecule has 0 aliphatic heterocycles. The molecule has 0 spiro atoms. The van der Waals surface area contributed by atoms with Crippen molar-refractivity contribution in [1.29, 1.82) is 0 Å². The highest BCUT2D eigenvalue weighted by Gasteiger charge is 2.08. The summed E-state index contributed by atoms with van der Waals surface area (Å²) in [6.45, 7) is 2.71. The molecule has 0 fully saturated rings. The minimum absolute atomic E-state index is 0.0546. The summed E-state index contributed by atoms with van der Waals surface area (Å²) >= 11 is 0. The van der Waals surface area contributed by atoms with E-state index in [0.717, 1.165) is 0 Å². The molecule has 0 radical (unpaired) electrons. The summed E-state index contributed by atoms with van der Waals surface area (Å²) in [5.74, 6) is -0.727. The van der Waals surface area contributed by atoms with E-state index in [-0.39, 0.29) is 18.8 Å². The quantitative estimate of drug-likeness (QED) is 0.583. The van der Waals surface area contributed by atoms with Gasteiger partial charge in [0.05, 0.1) is 6.61 Å². The summed E-state index contributed by atoms with van der Waals surface area (Å²) < 4.78 is 4.49. The molecule has 1 atom stereocenters. The third kappa shape index (κ3) is 5.54. The molecule has 11 heavy (non-hydrogen) atoms. The van der Waals surface area contributed by atoms with Crippen molar-refractivity contribution in [2.24, 2.45) is 0 Å². The van der Waals surface area contributed by atoms with Gasteiger partial charge in [0.1, 0.15) is 6.10 Å². The van der Waals surface area contributed by atoms with Gasteiger partial charge in [-0.1, -0.05) is 0 Å². The molecule has 0 amide bonds. The van der Waals surface area contributed by atoms with Gasteiger partial charge in [0.15, 0.2) is 5.78 Å². The van der Waals surface area contributed by atoms with E-state index in [1.54, 1.807) is 0 Å². The molecular formula is C7H12O4. The first-order chi connectivity index (χ1) is 5.04. The van der Waals surface area contributed by atoms with Crippen molar-refractivity contribution in [1.82, 2.24) is 0 Å². The van der Waals surface area contributed by atoms with Gasteiger partial charge >= 0.3 is 5.97 Å². The lowest BCUT2D eigenvalue weighted by Crippen LogP contribution is -2.18. The van der Waals surface area contributed by atoms with E-state index in [1.807, 2.05) is 0 Å². The Balaban J connectivity index is 3.39. The third-order valence-electron chi connectivity index (χ3n) is 1.12. The molecule has 0 aromatic rings. The number of aliphatic hydroxyl groups is 1. The number of aliphatic hydroxyl groups excluding tert-OH is 1. The van der Waals surface area contributed by atoms with Gasteiger partial charge in [-0.3, -0.25) is 9.59 Å². The van der Waals surface area contributed by atoms with E-state index >= 15 is 0 Å². The Bertz CT molecular complexity index is 151. The number of ketones is 1. The zero-order chi connectivity index (χ0) is 8.85. The van der Waals surface area contributed by atoms with E-state index in [9.17, 15) is 9.59 Å². The summed E-state index contributed by atoms with van der Waals surface area (Å²) in [6.07, 6.45) is -0.886. The van der Waals surface area contributed by atoms with Gasteiger partial charge < -0.3 is 9.84 Å². The van der Waals surface area contributed by atoms with E-state index in [2.05, 4.69) is 4.74 Å². The predicted octanol–water partition coefficient (Wildman–Crippen LogP) is -0.110. The standard InChI is InChI=1S/C7H12O4/c1-5(8)7(10)3-4-11-6(2)9/h5,8H,3-4H2,1-2H3. The van der Waals surface area contributed by atoms with Gasteiger partial charge in [-0.15, -0.1) is 0 Å². The zero-order valence-electron chi connectivity index (χ0n) is 6.66. The third-order valence-corrected chi connectivity index (χ3v) is 1.12. The van der Waals surface area contributed by atoms with Crippen LogP contribution in [0.25, 0.3) is 0 Å². The molecule has 1 unspecified atom stereocenters. The molecule has 0 saturated carbocycles. The van der Waals surface area contributed by atoms with Crippen LogP contribution in [0.15, 0.2) is 0 Å². The minimum atomic E-state index is -0.967. The largest absolute Gasteiger partial charge is 0.465 e. The first-order valence-electron chi connectivity index (χ1n) is 3.38. The van der Waals surface area contributed by atoms with Crippen molar-refractivity contribution < 1.29 is 19.4 Å². The Labute approximate surface area is 65.2 Å². The average Bonchev–Trinajstić information content (AvgIpc) is 1.86. The fourth-order valence-corrected chi connectivity index (χ4v) is 0.504. The van der Waals surface area contributed by atoms with Gasteiger partial charge in [-0.25, -0.2) is 0 Å². The summed E-state index contributed by atoms with van der Waals surface area (Å²) in [5.41, 5.74) is 0. The Kier molecular flexibility index (Phi) is 4.45. The van der Waals surface area contributed by atoms with Crippen LogP contribution in [0.1, 0.15) is 20.3 Å². The average molecular weight is 160 g/mol. The fraction of sp³-hybridized carbons (Fsp3) is 0.714. The maximum absolute atomic E-state index is 10.7. The monoisotopic (exact) mass is 160 g/mol. The van der Waals surface area contributed by atoms with E-state index in [4.69, 9.17) is 5.11 Å². The van der Waals surface area contributed by atoms with Gasteiger partial charge in [0.25, 0.3) is 0 Å². The molecule has 4 nitrogen and oxygen atoms in total. The first-order valence-corrected chi connectivity index (χ1v) is 3.38. The normalized spacial score (nSPS) is 12.3. The van der Waals surface area contributed by atoms with Crippen LogP contribution >= 0.6 is 0 Å². The lowest BCUT2D eigenvalue weighted by molar-refractivity contribution is -0.142. The fourth-order valence-electron chi connectivity index (χ4n) is 0.504. The van der Waals surface area contributed by atoms with Crippen molar-refractivity contribution in [3.05, 3.63) is 0 Å². The second kappa shape index (κ2) is 4.85. The highest BCUT2D eigenvalue weighted by atomic mass is 16.5. The Morgan fingerprint density at radius 3 is 2.45 bits per heavy atom. The summed E-state index contributed by atoms with van der Waals surface area (Å²) in [6, 6.07) is 0. The number of ether oxygens (including phenoxy) is 1. The number of hydrogen-bond acceptors (Lipinski definition) is 4.